The van der Waals surface area contributed by atoms with Crippen molar-refractivity contribution in [3.05, 3.63) is 36.5 Å². The van der Waals surface area contributed by atoms with Crippen molar-refractivity contribution in [3.63, 3.8) is 0 Å². The summed E-state index contributed by atoms with van der Waals surface area (Å²) in [4.78, 5) is 19.9. The Hall–Kier alpha value is -2.24. The third kappa shape index (κ3) is 3.37. The van der Waals surface area contributed by atoms with Gasteiger partial charge in [-0.25, -0.2) is 14.6 Å². The van der Waals surface area contributed by atoms with Crippen molar-refractivity contribution >= 4 is 5.91 Å². The molecular weight excluding hydrogens is 242 g/mol. The zero-order valence-electron chi connectivity index (χ0n) is 11.3. The van der Waals surface area contributed by atoms with Gasteiger partial charge in [0, 0.05) is 18.2 Å². The van der Waals surface area contributed by atoms with Gasteiger partial charge in [-0.15, -0.1) is 0 Å². The zero-order valence-corrected chi connectivity index (χ0v) is 11.3. The van der Waals surface area contributed by atoms with E-state index in [1.165, 1.54) is 6.33 Å². The van der Waals surface area contributed by atoms with E-state index in [2.05, 4.69) is 20.4 Å². The molecule has 100 valence electrons. The van der Waals surface area contributed by atoms with Crippen molar-refractivity contribution in [3.8, 4) is 5.82 Å². The van der Waals surface area contributed by atoms with Gasteiger partial charge >= 0.3 is 0 Å². The summed E-state index contributed by atoms with van der Waals surface area (Å²) in [6.45, 7) is 6.12. The molecule has 2 aromatic rings. The summed E-state index contributed by atoms with van der Waals surface area (Å²) in [6.07, 6.45) is 4.77. The lowest BCUT2D eigenvalue weighted by Crippen LogP contribution is -2.34. The average molecular weight is 259 g/mol. The Morgan fingerprint density at radius 2 is 2.16 bits per heavy atom. The molecule has 6 nitrogen and oxygen atoms in total. The van der Waals surface area contributed by atoms with Crippen LogP contribution in [-0.2, 0) is 11.3 Å². The highest BCUT2D eigenvalue weighted by Gasteiger charge is 2.20. The smallest absolute Gasteiger partial charge is 0.225 e. The Labute approximate surface area is 111 Å². The number of nitrogens with one attached hydrogen (secondary N) is 1. The van der Waals surface area contributed by atoms with Crippen LogP contribution in [0.5, 0.6) is 0 Å². The second kappa shape index (κ2) is 5.17. The third-order valence-corrected chi connectivity index (χ3v) is 2.60. The number of hydrogen-bond acceptors (Lipinski definition) is 4. The molecule has 1 N–H and O–H groups in total. The van der Waals surface area contributed by atoms with Crippen LogP contribution in [0.3, 0.4) is 0 Å². The van der Waals surface area contributed by atoms with Crippen LogP contribution < -0.4 is 5.32 Å². The molecule has 0 fully saturated rings. The predicted octanol–water partition coefficient (Wildman–Crippen LogP) is 1.32. The van der Waals surface area contributed by atoms with Crippen LogP contribution in [0.1, 0.15) is 26.3 Å². The normalized spacial score (nSPS) is 11.3. The van der Waals surface area contributed by atoms with Gasteiger partial charge in [0.25, 0.3) is 0 Å². The van der Waals surface area contributed by atoms with Crippen molar-refractivity contribution in [2.45, 2.75) is 27.3 Å². The van der Waals surface area contributed by atoms with Crippen molar-refractivity contribution in [1.29, 1.82) is 0 Å². The molecule has 2 heterocycles. The highest BCUT2D eigenvalue weighted by atomic mass is 16.2. The lowest BCUT2D eigenvalue weighted by atomic mass is 9.96. The highest BCUT2D eigenvalue weighted by molar-refractivity contribution is 5.81. The summed E-state index contributed by atoms with van der Waals surface area (Å²) in [5.41, 5.74) is 0.565. The van der Waals surface area contributed by atoms with Gasteiger partial charge in [0.15, 0.2) is 5.82 Å². The summed E-state index contributed by atoms with van der Waals surface area (Å²) in [7, 11) is 0. The summed E-state index contributed by atoms with van der Waals surface area (Å²) in [5, 5.41) is 6.88. The lowest BCUT2D eigenvalue weighted by Gasteiger charge is -2.17. The van der Waals surface area contributed by atoms with Gasteiger partial charge < -0.3 is 5.32 Å². The number of hydrogen-bond donors (Lipinski definition) is 1. The van der Waals surface area contributed by atoms with Crippen LogP contribution in [0.4, 0.5) is 0 Å². The molecule has 0 unspecified atom stereocenters. The van der Waals surface area contributed by atoms with E-state index in [1.54, 1.807) is 17.2 Å². The van der Waals surface area contributed by atoms with Gasteiger partial charge in [0.1, 0.15) is 12.7 Å². The number of carbonyl (C=O) groups is 1. The van der Waals surface area contributed by atoms with E-state index in [0.29, 0.717) is 12.4 Å². The fraction of sp³-hybridized carbons (Fsp3) is 0.385. The molecule has 0 atom stereocenters. The number of aromatic nitrogens is 4. The molecular formula is C13H17N5O. The van der Waals surface area contributed by atoms with Crippen LogP contribution in [0, 0.1) is 5.41 Å². The van der Waals surface area contributed by atoms with E-state index < -0.39 is 0 Å². The SMILES string of the molecule is CC(C)(C)C(=O)NCc1ccc(-n2cncn2)nc1. The zero-order chi connectivity index (χ0) is 13.9. The van der Waals surface area contributed by atoms with Crippen molar-refractivity contribution < 1.29 is 4.79 Å². The van der Waals surface area contributed by atoms with Crippen LogP contribution in [0.15, 0.2) is 31.0 Å². The maximum atomic E-state index is 11.7. The highest BCUT2D eigenvalue weighted by Crippen LogP contribution is 2.13. The third-order valence-electron chi connectivity index (χ3n) is 2.60. The summed E-state index contributed by atoms with van der Waals surface area (Å²) in [5.74, 6) is 0.719. The maximum absolute atomic E-state index is 11.7. The van der Waals surface area contributed by atoms with Gasteiger partial charge in [0.2, 0.25) is 5.91 Å². The first-order valence-corrected chi connectivity index (χ1v) is 6.05. The second-order valence-electron chi connectivity index (χ2n) is 5.30. The molecule has 1 amide bonds. The maximum Gasteiger partial charge on any atom is 0.225 e. The van der Waals surface area contributed by atoms with Gasteiger partial charge in [-0.1, -0.05) is 26.8 Å². The molecule has 0 aromatic carbocycles. The summed E-state index contributed by atoms with van der Waals surface area (Å²) >= 11 is 0. The standard InChI is InChI=1S/C13H17N5O/c1-13(2,3)12(19)16-7-10-4-5-11(15-6-10)18-9-14-8-17-18/h4-6,8-9H,7H2,1-3H3,(H,16,19). The molecule has 0 saturated carbocycles. The van der Waals surface area contributed by atoms with Gasteiger partial charge in [0.05, 0.1) is 0 Å². The van der Waals surface area contributed by atoms with E-state index in [0.717, 1.165) is 5.56 Å². The first kappa shape index (κ1) is 13.2. The fourth-order valence-electron chi connectivity index (χ4n) is 1.43. The van der Waals surface area contributed by atoms with Crippen LogP contribution in [0.25, 0.3) is 5.82 Å². The van der Waals surface area contributed by atoms with E-state index in [4.69, 9.17) is 0 Å². The van der Waals surface area contributed by atoms with Crippen molar-refractivity contribution in [2.75, 3.05) is 0 Å². The topological polar surface area (TPSA) is 72.7 Å². The lowest BCUT2D eigenvalue weighted by molar-refractivity contribution is -0.128. The molecule has 0 spiro atoms. The van der Waals surface area contributed by atoms with Crippen LogP contribution in [0.2, 0.25) is 0 Å². The largest absolute Gasteiger partial charge is 0.352 e. The summed E-state index contributed by atoms with van der Waals surface area (Å²) in [6, 6.07) is 3.75. The molecule has 0 aliphatic carbocycles. The Bertz CT molecular complexity index is 539. The van der Waals surface area contributed by atoms with E-state index in [9.17, 15) is 4.79 Å². The Morgan fingerprint density at radius 1 is 1.37 bits per heavy atom. The minimum Gasteiger partial charge on any atom is -0.352 e. The van der Waals surface area contributed by atoms with E-state index >= 15 is 0 Å². The minimum absolute atomic E-state index is 0.0212. The van der Waals surface area contributed by atoms with Crippen molar-refractivity contribution in [2.24, 2.45) is 5.41 Å². The monoisotopic (exact) mass is 259 g/mol. The van der Waals surface area contributed by atoms with Gasteiger partial charge in [-0.3, -0.25) is 4.79 Å². The Morgan fingerprint density at radius 3 is 2.68 bits per heavy atom. The molecule has 0 saturated heterocycles. The number of carbonyl (C=O) groups excluding carboxylic acids is 1. The number of pyridine rings is 1. The quantitative estimate of drug-likeness (QED) is 0.902. The predicted molar refractivity (Wildman–Crippen MR) is 70.5 cm³/mol. The van der Waals surface area contributed by atoms with Crippen LogP contribution >= 0.6 is 0 Å². The molecule has 0 aliphatic heterocycles. The number of rotatable bonds is 3. The minimum atomic E-state index is -0.381. The molecule has 19 heavy (non-hydrogen) atoms. The number of nitrogens with zero attached hydrogens (tertiary/aromatic N) is 4. The Balaban J connectivity index is 1.98. The molecule has 2 rings (SSSR count). The second-order valence-corrected chi connectivity index (χ2v) is 5.30. The molecule has 0 aliphatic rings. The first-order chi connectivity index (χ1) is 8.97. The molecule has 6 heteroatoms. The number of amides is 1. The van der Waals surface area contributed by atoms with Crippen LogP contribution in [-0.4, -0.2) is 25.7 Å². The van der Waals surface area contributed by atoms with Gasteiger partial charge in [-0.2, -0.15) is 5.10 Å². The van der Waals surface area contributed by atoms with E-state index in [-0.39, 0.29) is 11.3 Å². The van der Waals surface area contributed by atoms with Crippen molar-refractivity contribution in [1.82, 2.24) is 25.1 Å². The first-order valence-electron chi connectivity index (χ1n) is 6.05. The summed E-state index contributed by atoms with van der Waals surface area (Å²) < 4.78 is 1.58. The fourth-order valence-corrected chi connectivity index (χ4v) is 1.43. The van der Waals surface area contributed by atoms with E-state index in [1.807, 2.05) is 32.9 Å². The van der Waals surface area contributed by atoms with Gasteiger partial charge in [-0.05, 0) is 11.6 Å². The molecule has 0 bridgehead atoms. The average Bonchev–Trinajstić information content (AvgIpc) is 2.89. The molecule has 0 radical (unpaired) electrons. The molecule has 2 aromatic heterocycles. The Kier molecular flexibility index (Phi) is 3.59.